The standard InChI is InChI=1S/C8H11BrN2OS/c9-4-2-1-3-7(12)11-8-10-5-6-13-8/h5-6H,1-4H2,(H,10,11,12). The first kappa shape index (κ1) is 10.7. The molecule has 0 unspecified atom stereocenters. The molecule has 0 fully saturated rings. The first-order valence-electron chi connectivity index (χ1n) is 4.08. The number of aromatic nitrogens is 1. The van der Waals surface area contributed by atoms with Crippen LogP contribution in [0, 0.1) is 0 Å². The second-order valence-corrected chi connectivity index (χ2v) is 4.22. The summed E-state index contributed by atoms with van der Waals surface area (Å²) >= 11 is 4.76. The number of carbonyl (C=O) groups is 1. The molecule has 1 amide bonds. The quantitative estimate of drug-likeness (QED) is 0.655. The van der Waals surface area contributed by atoms with Crippen LogP contribution in [-0.4, -0.2) is 16.2 Å². The number of hydrogen-bond acceptors (Lipinski definition) is 3. The molecule has 1 aromatic heterocycles. The molecule has 5 heteroatoms. The van der Waals surface area contributed by atoms with Crippen molar-refractivity contribution >= 4 is 38.3 Å². The Balaban J connectivity index is 2.18. The molecule has 3 nitrogen and oxygen atoms in total. The van der Waals surface area contributed by atoms with Crippen molar-refractivity contribution in [2.24, 2.45) is 0 Å². The first-order valence-corrected chi connectivity index (χ1v) is 6.08. The van der Waals surface area contributed by atoms with E-state index in [0.29, 0.717) is 11.6 Å². The summed E-state index contributed by atoms with van der Waals surface area (Å²) in [6, 6.07) is 0. The molecule has 0 aromatic carbocycles. The van der Waals surface area contributed by atoms with Gasteiger partial charge < -0.3 is 5.32 Å². The van der Waals surface area contributed by atoms with Gasteiger partial charge in [-0.1, -0.05) is 15.9 Å². The van der Waals surface area contributed by atoms with Crippen molar-refractivity contribution in [3.63, 3.8) is 0 Å². The maximum Gasteiger partial charge on any atom is 0.226 e. The number of rotatable bonds is 5. The first-order chi connectivity index (χ1) is 6.33. The van der Waals surface area contributed by atoms with Gasteiger partial charge in [-0.3, -0.25) is 4.79 Å². The van der Waals surface area contributed by atoms with E-state index in [2.05, 4.69) is 26.2 Å². The lowest BCUT2D eigenvalue weighted by molar-refractivity contribution is -0.116. The highest BCUT2D eigenvalue weighted by molar-refractivity contribution is 9.09. The Morgan fingerprint density at radius 2 is 2.46 bits per heavy atom. The normalized spacial score (nSPS) is 9.92. The molecule has 0 saturated carbocycles. The zero-order valence-electron chi connectivity index (χ0n) is 7.12. The minimum Gasteiger partial charge on any atom is -0.302 e. The summed E-state index contributed by atoms with van der Waals surface area (Å²) in [6.07, 6.45) is 4.21. The van der Waals surface area contributed by atoms with Crippen LogP contribution in [0.15, 0.2) is 11.6 Å². The maximum absolute atomic E-state index is 11.2. The number of alkyl halides is 1. The summed E-state index contributed by atoms with van der Waals surface area (Å²) < 4.78 is 0. The Hall–Kier alpha value is -0.420. The van der Waals surface area contributed by atoms with Crippen molar-refractivity contribution in [1.82, 2.24) is 4.98 Å². The monoisotopic (exact) mass is 262 g/mol. The number of anilines is 1. The van der Waals surface area contributed by atoms with Crippen LogP contribution in [0.1, 0.15) is 19.3 Å². The number of carbonyl (C=O) groups excluding carboxylic acids is 1. The number of amides is 1. The van der Waals surface area contributed by atoms with Gasteiger partial charge in [0.25, 0.3) is 0 Å². The summed E-state index contributed by atoms with van der Waals surface area (Å²) in [5, 5.41) is 6.22. The summed E-state index contributed by atoms with van der Waals surface area (Å²) in [5.74, 6) is 0.0518. The molecule has 1 rings (SSSR count). The average Bonchev–Trinajstić information content (AvgIpc) is 2.57. The van der Waals surface area contributed by atoms with Gasteiger partial charge in [-0.15, -0.1) is 11.3 Å². The molecule has 13 heavy (non-hydrogen) atoms. The second-order valence-electron chi connectivity index (χ2n) is 2.53. The Bertz CT molecular complexity index is 251. The fraction of sp³-hybridized carbons (Fsp3) is 0.500. The van der Waals surface area contributed by atoms with Crippen molar-refractivity contribution in [2.45, 2.75) is 19.3 Å². The molecular formula is C8H11BrN2OS. The highest BCUT2D eigenvalue weighted by atomic mass is 79.9. The molecule has 1 heterocycles. The minimum atomic E-state index is 0.0518. The molecule has 0 aliphatic carbocycles. The lowest BCUT2D eigenvalue weighted by Gasteiger charge is -1.99. The van der Waals surface area contributed by atoms with Gasteiger partial charge in [-0.05, 0) is 12.8 Å². The third-order valence-electron chi connectivity index (χ3n) is 1.47. The van der Waals surface area contributed by atoms with E-state index in [-0.39, 0.29) is 5.91 Å². The Morgan fingerprint density at radius 1 is 1.62 bits per heavy atom. The summed E-state index contributed by atoms with van der Waals surface area (Å²) in [4.78, 5) is 15.2. The van der Waals surface area contributed by atoms with Gasteiger partial charge in [-0.25, -0.2) is 4.98 Å². The molecule has 0 aliphatic rings. The van der Waals surface area contributed by atoms with Crippen molar-refractivity contribution in [1.29, 1.82) is 0 Å². The van der Waals surface area contributed by atoms with Crippen molar-refractivity contribution in [3.8, 4) is 0 Å². The number of halogens is 1. The largest absolute Gasteiger partial charge is 0.302 e. The van der Waals surface area contributed by atoms with Crippen molar-refractivity contribution in [3.05, 3.63) is 11.6 Å². The van der Waals surface area contributed by atoms with E-state index in [0.717, 1.165) is 18.2 Å². The molecule has 1 aromatic rings. The summed E-state index contributed by atoms with van der Waals surface area (Å²) in [7, 11) is 0. The summed E-state index contributed by atoms with van der Waals surface area (Å²) in [5.41, 5.74) is 0. The lowest BCUT2D eigenvalue weighted by Crippen LogP contribution is -2.10. The van der Waals surface area contributed by atoms with Gasteiger partial charge in [0.15, 0.2) is 5.13 Å². The number of hydrogen-bond donors (Lipinski definition) is 1. The molecular weight excluding hydrogens is 252 g/mol. The van der Waals surface area contributed by atoms with Gasteiger partial charge in [0.2, 0.25) is 5.91 Å². The topological polar surface area (TPSA) is 42.0 Å². The molecule has 0 spiro atoms. The van der Waals surface area contributed by atoms with E-state index in [1.807, 2.05) is 5.38 Å². The highest BCUT2D eigenvalue weighted by Gasteiger charge is 2.02. The predicted octanol–water partition coefficient (Wildman–Crippen LogP) is 2.65. The fourth-order valence-corrected chi connectivity index (χ4v) is 1.79. The smallest absolute Gasteiger partial charge is 0.226 e. The van der Waals surface area contributed by atoms with E-state index in [9.17, 15) is 4.79 Å². The minimum absolute atomic E-state index is 0.0518. The molecule has 72 valence electrons. The molecule has 0 atom stereocenters. The van der Waals surface area contributed by atoms with Gasteiger partial charge in [0, 0.05) is 23.3 Å². The Morgan fingerprint density at radius 3 is 3.08 bits per heavy atom. The molecule has 0 saturated heterocycles. The highest BCUT2D eigenvalue weighted by Crippen LogP contribution is 2.11. The maximum atomic E-state index is 11.2. The lowest BCUT2D eigenvalue weighted by atomic mass is 10.2. The number of unbranched alkanes of at least 4 members (excludes halogenated alkanes) is 1. The third-order valence-corrected chi connectivity index (χ3v) is 2.72. The van der Waals surface area contributed by atoms with Crippen molar-refractivity contribution < 1.29 is 4.79 Å². The average molecular weight is 263 g/mol. The van der Waals surface area contributed by atoms with Gasteiger partial charge in [-0.2, -0.15) is 0 Å². The third kappa shape index (κ3) is 4.38. The van der Waals surface area contributed by atoms with Crippen LogP contribution in [0.25, 0.3) is 0 Å². The molecule has 0 radical (unpaired) electrons. The number of nitrogens with zero attached hydrogens (tertiary/aromatic N) is 1. The number of nitrogens with one attached hydrogen (secondary N) is 1. The van der Waals surface area contributed by atoms with Crippen LogP contribution in [0.3, 0.4) is 0 Å². The van der Waals surface area contributed by atoms with Crippen LogP contribution in [0.2, 0.25) is 0 Å². The SMILES string of the molecule is O=C(CCCCBr)Nc1nccs1. The Labute approximate surface area is 89.7 Å². The fourth-order valence-electron chi connectivity index (χ4n) is 0.847. The van der Waals surface area contributed by atoms with Gasteiger partial charge in [0.1, 0.15) is 0 Å². The van der Waals surface area contributed by atoms with E-state index < -0.39 is 0 Å². The van der Waals surface area contributed by atoms with E-state index in [4.69, 9.17) is 0 Å². The molecule has 0 bridgehead atoms. The summed E-state index contributed by atoms with van der Waals surface area (Å²) in [6.45, 7) is 0. The van der Waals surface area contributed by atoms with Crippen LogP contribution >= 0.6 is 27.3 Å². The molecule has 0 aliphatic heterocycles. The molecule has 1 N–H and O–H groups in total. The van der Waals surface area contributed by atoms with Crippen LogP contribution < -0.4 is 5.32 Å². The second kappa shape index (κ2) is 6.10. The predicted molar refractivity (Wildman–Crippen MR) is 58.4 cm³/mol. The van der Waals surface area contributed by atoms with Gasteiger partial charge >= 0.3 is 0 Å². The van der Waals surface area contributed by atoms with Gasteiger partial charge in [0.05, 0.1) is 0 Å². The zero-order valence-corrected chi connectivity index (χ0v) is 9.53. The van der Waals surface area contributed by atoms with Crippen LogP contribution in [0.5, 0.6) is 0 Å². The zero-order chi connectivity index (χ0) is 9.52. The van der Waals surface area contributed by atoms with E-state index in [1.165, 1.54) is 11.3 Å². The van der Waals surface area contributed by atoms with Crippen LogP contribution in [0.4, 0.5) is 5.13 Å². The van der Waals surface area contributed by atoms with E-state index >= 15 is 0 Å². The van der Waals surface area contributed by atoms with Crippen molar-refractivity contribution in [2.75, 3.05) is 10.6 Å². The number of thiazole rings is 1. The van der Waals surface area contributed by atoms with E-state index in [1.54, 1.807) is 6.20 Å². The Kier molecular flexibility index (Phi) is 5.00. The van der Waals surface area contributed by atoms with Crippen LogP contribution in [-0.2, 0) is 4.79 Å².